The van der Waals surface area contributed by atoms with Crippen LogP contribution < -0.4 is 20.7 Å². The van der Waals surface area contributed by atoms with E-state index in [1.807, 2.05) is 45.9 Å². The number of hydrogen-bond acceptors (Lipinski definition) is 5. The van der Waals surface area contributed by atoms with Crippen molar-refractivity contribution in [1.82, 2.24) is 10.6 Å². The molecule has 0 atom stereocenters. The van der Waals surface area contributed by atoms with Crippen LogP contribution in [0.3, 0.4) is 0 Å². The lowest BCUT2D eigenvalue weighted by Crippen LogP contribution is -2.36. The van der Waals surface area contributed by atoms with E-state index in [0.717, 1.165) is 59.1 Å². The van der Waals surface area contributed by atoms with Crippen molar-refractivity contribution in [3.8, 4) is 5.75 Å². The van der Waals surface area contributed by atoms with Crippen molar-refractivity contribution in [3.63, 3.8) is 0 Å². The Morgan fingerprint density at radius 1 is 1.23 bits per heavy atom. The van der Waals surface area contributed by atoms with E-state index >= 15 is 0 Å². The van der Waals surface area contributed by atoms with Crippen LogP contribution in [0.1, 0.15) is 39.2 Å². The van der Waals surface area contributed by atoms with Gasteiger partial charge in [0.2, 0.25) is 0 Å². The molecule has 0 radical (unpaired) electrons. The van der Waals surface area contributed by atoms with Crippen molar-refractivity contribution >= 4 is 23.4 Å². The van der Waals surface area contributed by atoms with Crippen molar-refractivity contribution in [2.45, 2.75) is 40.5 Å². The number of allylic oxidation sites excluding steroid dienone is 2. The van der Waals surface area contributed by atoms with Crippen LogP contribution in [0.25, 0.3) is 0 Å². The van der Waals surface area contributed by atoms with Gasteiger partial charge in [-0.05, 0) is 82.8 Å². The number of carbonyl (C=O) groups is 1. The smallest absolute Gasteiger partial charge is 0.257 e. The fraction of sp³-hybridized carbons (Fsp3) is 0.458. The Morgan fingerprint density at radius 2 is 1.93 bits per heavy atom. The van der Waals surface area contributed by atoms with Crippen molar-refractivity contribution < 1.29 is 9.53 Å². The Bertz CT molecular complexity index is 811. The molecule has 0 aromatic heterocycles. The quantitative estimate of drug-likeness (QED) is 0.362. The molecule has 5 nitrogen and oxygen atoms in total. The maximum absolute atomic E-state index is 12.4. The largest absolute Gasteiger partial charge is 0.492 e. The summed E-state index contributed by atoms with van der Waals surface area (Å²) in [5.74, 6) is 1.25. The maximum atomic E-state index is 12.4. The molecule has 0 aliphatic carbocycles. The number of benzene rings is 1. The number of hydrogen-bond donors (Lipinski definition) is 3. The first-order valence-electron chi connectivity index (χ1n) is 10.5. The van der Waals surface area contributed by atoms with Gasteiger partial charge in [0.05, 0.1) is 17.2 Å². The van der Waals surface area contributed by atoms with Gasteiger partial charge < -0.3 is 20.7 Å². The highest BCUT2D eigenvalue weighted by atomic mass is 32.2. The number of anilines is 1. The molecular weight excluding hydrogens is 394 g/mol. The Hall–Kier alpha value is -2.18. The molecule has 1 aliphatic heterocycles. The zero-order chi connectivity index (χ0) is 22.1. The normalized spacial score (nSPS) is 15.2. The summed E-state index contributed by atoms with van der Waals surface area (Å²) in [7, 11) is 0. The molecule has 6 heteroatoms. The second kappa shape index (κ2) is 11.9. The van der Waals surface area contributed by atoms with E-state index < -0.39 is 0 Å². The highest BCUT2D eigenvalue weighted by Crippen LogP contribution is 2.32. The highest BCUT2D eigenvalue weighted by Gasteiger charge is 2.16. The molecule has 164 valence electrons. The topological polar surface area (TPSA) is 62.4 Å². The van der Waals surface area contributed by atoms with Crippen LogP contribution in [-0.4, -0.2) is 32.1 Å². The Morgan fingerprint density at radius 3 is 2.60 bits per heavy atom. The average molecular weight is 430 g/mol. The van der Waals surface area contributed by atoms with Crippen molar-refractivity contribution in [3.05, 3.63) is 58.0 Å². The van der Waals surface area contributed by atoms with E-state index in [9.17, 15) is 4.79 Å². The van der Waals surface area contributed by atoms with Crippen LogP contribution in [-0.2, 0) is 4.79 Å². The van der Waals surface area contributed by atoms with Gasteiger partial charge in [-0.3, -0.25) is 4.79 Å². The summed E-state index contributed by atoms with van der Waals surface area (Å²) in [6.07, 6.45) is 2.20. The summed E-state index contributed by atoms with van der Waals surface area (Å²) in [5.41, 5.74) is 4.00. The molecule has 1 saturated heterocycles. The highest BCUT2D eigenvalue weighted by molar-refractivity contribution is 8.07. The van der Waals surface area contributed by atoms with Crippen molar-refractivity contribution in [1.29, 1.82) is 0 Å². The Kier molecular flexibility index (Phi) is 9.53. The number of ether oxygens (including phenoxy) is 1. The molecule has 2 rings (SSSR count). The minimum atomic E-state index is -0.115. The molecule has 1 aliphatic rings. The second-order valence-corrected chi connectivity index (χ2v) is 8.85. The third kappa shape index (κ3) is 7.26. The van der Waals surface area contributed by atoms with Crippen molar-refractivity contribution in [2.75, 3.05) is 31.6 Å². The van der Waals surface area contributed by atoms with Gasteiger partial charge in [0.1, 0.15) is 5.75 Å². The van der Waals surface area contributed by atoms with Crippen LogP contribution in [0.15, 0.2) is 52.4 Å². The van der Waals surface area contributed by atoms with Gasteiger partial charge in [-0.2, -0.15) is 0 Å². The van der Waals surface area contributed by atoms with Crippen LogP contribution >= 0.6 is 11.8 Å². The zero-order valence-corrected chi connectivity index (χ0v) is 19.5. The molecule has 1 fully saturated rings. The zero-order valence-electron chi connectivity index (χ0n) is 18.7. The maximum Gasteiger partial charge on any atom is 0.257 e. The Labute approximate surface area is 185 Å². The monoisotopic (exact) mass is 429 g/mol. The lowest BCUT2D eigenvalue weighted by Gasteiger charge is -2.23. The van der Waals surface area contributed by atoms with Gasteiger partial charge in [-0.1, -0.05) is 31.0 Å². The standard InChI is InChI=1S/C24H35N3O2S/c1-7-29-23-14-16(2)8-9-22(23)27-18(4)17(3)19(5)30-20(6)24(28)26-15-21-10-12-25-13-11-21/h8-9,14,21,25,27H,5-7,10-13,15H2,1-4H3,(H,26,28)/b18-17+. The molecule has 0 bridgehead atoms. The molecule has 1 aromatic carbocycles. The summed E-state index contributed by atoms with van der Waals surface area (Å²) in [6.45, 7) is 19.5. The van der Waals surface area contributed by atoms with Crippen LogP contribution in [0.5, 0.6) is 5.75 Å². The minimum Gasteiger partial charge on any atom is -0.492 e. The van der Waals surface area contributed by atoms with Crippen LogP contribution in [0, 0.1) is 12.8 Å². The summed E-state index contributed by atoms with van der Waals surface area (Å²) < 4.78 is 5.75. The number of carbonyl (C=O) groups excluding carboxylic acids is 1. The Balaban J connectivity index is 1.93. The number of amides is 1. The van der Waals surface area contributed by atoms with Gasteiger partial charge >= 0.3 is 0 Å². The summed E-state index contributed by atoms with van der Waals surface area (Å²) in [4.78, 5) is 13.7. The summed E-state index contributed by atoms with van der Waals surface area (Å²) in [6, 6.07) is 6.08. The van der Waals surface area contributed by atoms with E-state index in [4.69, 9.17) is 4.74 Å². The van der Waals surface area contributed by atoms with E-state index in [1.54, 1.807) is 0 Å². The van der Waals surface area contributed by atoms with Crippen LogP contribution in [0.4, 0.5) is 5.69 Å². The van der Waals surface area contributed by atoms with E-state index in [-0.39, 0.29) is 5.91 Å². The molecule has 0 spiro atoms. The predicted octanol–water partition coefficient (Wildman–Crippen LogP) is 4.98. The molecule has 1 amide bonds. The van der Waals surface area contributed by atoms with E-state index in [1.165, 1.54) is 11.8 Å². The minimum absolute atomic E-state index is 0.115. The fourth-order valence-corrected chi connectivity index (χ4v) is 3.97. The molecule has 30 heavy (non-hydrogen) atoms. The first-order valence-corrected chi connectivity index (χ1v) is 11.4. The van der Waals surface area contributed by atoms with Gasteiger partial charge in [0, 0.05) is 17.1 Å². The van der Waals surface area contributed by atoms with E-state index in [0.29, 0.717) is 24.0 Å². The molecular formula is C24H35N3O2S. The molecule has 3 N–H and O–H groups in total. The number of thioether (sulfide) groups is 1. The van der Waals surface area contributed by atoms with Crippen LogP contribution in [0.2, 0.25) is 0 Å². The van der Waals surface area contributed by atoms with Gasteiger partial charge in [0.15, 0.2) is 0 Å². The lowest BCUT2D eigenvalue weighted by molar-refractivity contribution is -0.117. The van der Waals surface area contributed by atoms with E-state index in [2.05, 4.69) is 29.1 Å². The fourth-order valence-electron chi connectivity index (χ4n) is 3.21. The number of aryl methyl sites for hydroxylation is 1. The molecule has 1 aromatic rings. The third-order valence-electron chi connectivity index (χ3n) is 5.25. The molecule has 0 saturated carbocycles. The third-order valence-corrected chi connectivity index (χ3v) is 6.23. The van der Waals surface area contributed by atoms with Gasteiger partial charge in [-0.25, -0.2) is 0 Å². The van der Waals surface area contributed by atoms with Gasteiger partial charge in [0.25, 0.3) is 5.91 Å². The van der Waals surface area contributed by atoms with Gasteiger partial charge in [-0.15, -0.1) is 0 Å². The predicted molar refractivity (Wildman–Crippen MR) is 129 cm³/mol. The average Bonchev–Trinajstić information content (AvgIpc) is 2.74. The summed E-state index contributed by atoms with van der Waals surface area (Å²) >= 11 is 1.32. The first-order chi connectivity index (χ1) is 14.3. The van der Waals surface area contributed by atoms with Crippen molar-refractivity contribution in [2.24, 2.45) is 5.92 Å². The molecule has 1 heterocycles. The number of nitrogens with one attached hydrogen (secondary N) is 3. The number of piperidine rings is 1. The summed E-state index contributed by atoms with van der Waals surface area (Å²) in [5, 5.41) is 9.77. The first kappa shape index (κ1) is 24.1. The SMILES string of the molecule is C=C(SC(=C)/C(C)=C(\C)Nc1ccc(C)cc1OCC)C(=O)NCC1CCNCC1. The second-order valence-electron chi connectivity index (χ2n) is 7.66. The molecule has 0 unspecified atom stereocenters. The lowest BCUT2D eigenvalue weighted by atomic mass is 9.98. The number of rotatable bonds is 10.